The number of hydrogen-bond acceptors (Lipinski definition) is 2. The van der Waals surface area contributed by atoms with Crippen LogP contribution in [0.25, 0.3) is 0 Å². The van der Waals surface area contributed by atoms with Gasteiger partial charge in [-0.05, 0) is 0 Å². The first kappa shape index (κ1) is 13.4. The van der Waals surface area contributed by atoms with Crippen LogP contribution in [0.1, 0.15) is 5.56 Å². The molecule has 6 heteroatoms. The summed E-state index contributed by atoms with van der Waals surface area (Å²) in [6, 6.07) is 2.96. The van der Waals surface area contributed by atoms with Gasteiger partial charge in [0.1, 0.15) is 0 Å². The number of hydrogen-bond donors (Lipinski definition) is 1. The third kappa shape index (κ3) is 2.98. The molecule has 0 saturated carbocycles. The van der Waals surface area contributed by atoms with E-state index in [1.54, 1.807) is 0 Å². The van der Waals surface area contributed by atoms with Crippen LogP contribution >= 0.6 is 0 Å². The van der Waals surface area contributed by atoms with Crippen molar-refractivity contribution in [3.05, 3.63) is 42.2 Å². The molecule has 0 aromatic heterocycles. The zero-order chi connectivity index (χ0) is 10.1. The molecule has 1 aromatic rings. The maximum absolute atomic E-state index is 12.9. The fourth-order valence-electron chi connectivity index (χ4n) is 0.800. The molecular weight excluding hydrogens is 298 g/mol. The Kier molecular flexibility index (Phi) is 4.58. The second kappa shape index (κ2) is 4.78. The van der Waals surface area contributed by atoms with Crippen molar-refractivity contribution >= 4 is 10.1 Å². The molecule has 0 saturated heterocycles. The monoisotopic (exact) mass is 304 g/mol. The van der Waals surface area contributed by atoms with Gasteiger partial charge in [0.2, 0.25) is 0 Å². The Labute approximate surface area is 94.1 Å². The van der Waals surface area contributed by atoms with E-state index in [-0.39, 0.29) is 25.0 Å². The minimum Gasteiger partial charge on any atom is -0.284 e. The fraction of sp³-hybridized carbons (Fsp3) is 0. The van der Waals surface area contributed by atoms with Gasteiger partial charge in [-0.15, -0.1) is 0 Å². The van der Waals surface area contributed by atoms with Gasteiger partial charge in [-0.25, -0.2) is 0 Å². The van der Waals surface area contributed by atoms with Gasteiger partial charge in [0.15, 0.2) is 0 Å². The first-order valence-corrected chi connectivity index (χ1v) is 4.69. The van der Waals surface area contributed by atoms with Crippen LogP contribution < -0.4 is 0 Å². The van der Waals surface area contributed by atoms with Gasteiger partial charge in [-0.1, -0.05) is 12.1 Å². The summed E-state index contributed by atoms with van der Waals surface area (Å²) in [6.45, 7) is 3.21. The Balaban J connectivity index is 0.00000169. The quantitative estimate of drug-likeness (QED) is 0.510. The molecule has 0 spiro atoms. The molecule has 1 radical (unpaired) electrons. The van der Waals surface area contributed by atoms with Crippen molar-refractivity contribution in [3.8, 4) is 0 Å². The van der Waals surface area contributed by atoms with Crippen molar-refractivity contribution in [3.63, 3.8) is 0 Å². The average Bonchev–Trinajstić information content (AvgIpc) is 2.02. The van der Waals surface area contributed by atoms with Gasteiger partial charge in [0.25, 0.3) is 10.1 Å². The molecule has 0 fully saturated rings. The molecule has 0 unspecified atom stereocenters. The number of rotatable bonds is 2. The summed E-state index contributed by atoms with van der Waals surface area (Å²) in [4.78, 5) is -0.482. The Morgan fingerprint density at radius 3 is 2.36 bits per heavy atom. The topological polar surface area (TPSA) is 54.4 Å². The van der Waals surface area contributed by atoms with Crippen LogP contribution in [0.3, 0.4) is 0 Å². The molecule has 0 aliphatic carbocycles. The molecule has 0 atom stereocenters. The van der Waals surface area contributed by atoms with Crippen molar-refractivity contribution in [2.75, 3.05) is 0 Å². The van der Waals surface area contributed by atoms with Crippen molar-refractivity contribution in [1.29, 1.82) is 0 Å². The van der Waals surface area contributed by atoms with E-state index in [0.29, 0.717) is 6.07 Å². The second-order valence-electron chi connectivity index (χ2n) is 2.29. The minimum atomic E-state index is -4.34. The Morgan fingerprint density at radius 1 is 1.43 bits per heavy atom. The number of halogens is 1. The molecular formula is C8H6FO3RhS-. The van der Waals surface area contributed by atoms with E-state index in [0.717, 1.165) is 6.07 Å². The van der Waals surface area contributed by atoms with E-state index in [4.69, 9.17) is 4.55 Å². The Hall–Kier alpha value is -0.577. The summed E-state index contributed by atoms with van der Waals surface area (Å²) >= 11 is 0. The zero-order valence-electron chi connectivity index (χ0n) is 6.82. The maximum Gasteiger partial charge on any atom is 0.292 e. The zero-order valence-corrected chi connectivity index (χ0v) is 9.28. The first-order valence-electron chi connectivity index (χ1n) is 3.25. The molecule has 0 amide bonds. The summed E-state index contributed by atoms with van der Waals surface area (Å²) in [5.41, 5.74) is 0.0624. The van der Waals surface area contributed by atoms with Gasteiger partial charge < -0.3 is 0 Å². The SMILES string of the molecule is C=[C-]c1ccc(S(=O)(=O)O)cc1F.[Rh]. The summed E-state index contributed by atoms with van der Waals surface area (Å²) in [5.74, 6) is -0.787. The van der Waals surface area contributed by atoms with E-state index >= 15 is 0 Å². The van der Waals surface area contributed by atoms with Crippen LogP contribution in [-0.4, -0.2) is 13.0 Å². The van der Waals surface area contributed by atoms with Crippen LogP contribution in [0.5, 0.6) is 0 Å². The third-order valence-electron chi connectivity index (χ3n) is 1.43. The van der Waals surface area contributed by atoms with Gasteiger partial charge in [-0.2, -0.15) is 32.7 Å². The van der Waals surface area contributed by atoms with Gasteiger partial charge in [-0.3, -0.25) is 8.94 Å². The molecule has 0 heterocycles. The molecule has 79 valence electrons. The van der Waals surface area contributed by atoms with E-state index < -0.39 is 20.8 Å². The predicted molar refractivity (Wildman–Crippen MR) is 44.2 cm³/mol. The molecule has 0 aliphatic heterocycles. The molecule has 3 nitrogen and oxygen atoms in total. The van der Waals surface area contributed by atoms with E-state index in [9.17, 15) is 12.8 Å². The van der Waals surface area contributed by atoms with Gasteiger partial charge in [0, 0.05) is 25.3 Å². The van der Waals surface area contributed by atoms with Crippen molar-refractivity contribution < 1.29 is 36.8 Å². The summed E-state index contributed by atoms with van der Waals surface area (Å²) < 4.78 is 42.5. The van der Waals surface area contributed by atoms with Crippen LogP contribution in [0, 0.1) is 11.9 Å². The molecule has 0 bridgehead atoms. The molecule has 0 aliphatic rings. The summed E-state index contributed by atoms with van der Waals surface area (Å²) in [7, 11) is -4.34. The maximum atomic E-state index is 12.9. The van der Waals surface area contributed by atoms with Crippen molar-refractivity contribution in [2.24, 2.45) is 0 Å². The third-order valence-corrected chi connectivity index (χ3v) is 2.28. The van der Waals surface area contributed by atoms with E-state index in [1.165, 1.54) is 6.07 Å². The number of benzene rings is 1. The largest absolute Gasteiger partial charge is 0.292 e. The van der Waals surface area contributed by atoms with Gasteiger partial charge in [0.05, 0.1) is 4.90 Å². The van der Waals surface area contributed by atoms with Crippen LogP contribution in [0.15, 0.2) is 29.7 Å². The standard InChI is InChI=1S/C8H6FO3S.Rh/c1-2-6-3-4-7(5-8(6)9)13(10,11)12;/h3-5H,1H2,(H,10,11,12);/q-1;. The van der Waals surface area contributed by atoms with Crippen molar-refractivity contribution in [1.82, 2.24) is 0 Å². The Morgan fingerprint density at radius 2 is 2.00 bits per heavy atom. The first-order chi connectivity index (χ1) is 5.95. The van der Waals surface area contributed by atoms with E-state index in [2.05, 4.69) is 12.7 Å². The smallest absolute Gasteiger partial charge is 0.284 e. The second-order valence-corrected chi connectivity index (χ2v) is 3.72. The summed E-state index contributed by atoms with van der Waals surface area (Å²) in [5, 5.41) is 0. The van der Waals surface area contributed by atoms with Crippen molar-refractivity contribution in [2.45, 2.75) is 4.90 Å². The van der Waals surface area contributed by atoms with Gasteiger partial charge >= 0.3 is 0 Å². The predicted octanol–water partition coefficient (Wildman–Crippen LogP) is 1.41. The van der Waals surface area contributed by atoms with Crippen LogP contribution in [0.4, 0.5) is 4.39 Å². The van der Waals surface area contributed by atoms with Crippen LogP contribution in [-0.2, 0) is 29.6 Å². The molecule has 14 heavy (non-hydrogen) atoms. The van der Waals surface area contributed by atoms with E-state index in [1.807, 2.05) is 0 Å². The molecule has 1 rings (SSSR count). The molecule has 1 aromatic carbocycles. The normalized spacial score (nSPS) is 10.4. The molecule has 1 N–H and O–H groups in total. The fourth-order valence-corrected chi connectivity index (χ4v) is 1.29. The minimum absolute atomic E-state index is 0. The summed E-state index contributed by atoms with van der Waals surface area (Å²) in [6.07, 6.45) is 2.27. The average molecular weight is 304 g/mol. The Bertz CT molecular complexity index is 442. The van der Waals surface area contributed by atoms with Crippen LogP contribution in [0.2, 0.25) is 0 Å².